The molecule has 0 aliphatic carbocycles. The number of carboxylic acid groups (broad SMARTS) is 1. The number of carbonyl (C=O) groups is 3. The van der Waals surface area contributed by atoms with Crippen LogP contribution in [0.5, 0.6) is 0 Å². The number of nitrogens with one attached hydrogen (secondary N) is 1. The van der Waals surface area contributed by atoms with E-state index in [2.05, 4.69) is 41.7 Å². The molecule has 2 N–H and O–H groups in total. The highest BCUT2D eigenvalue weighted by Crippen LogP contribution is 2.29. The van der Waals surface area contributed by atoms with Crippen LogP contribution in [0.3, 0.4) is 0 Å². The first-order valence-corrected chi connectivity index (χ1v) is 11.1. The number of aliphatic carboxylic acids is 1. The third-order valence-electron chi connectivity index (χ3n) is 5.60. The van der Waals surface area contributed by atoms with Crippen LogP contribution in [0.1, 0.15) is 57.9 Å². The monoisotopic (exact) mass is 439 g/mol. The Kier molecular flexibility index (Phi) is 9.92. The van der Waals surface area contributed by atoms with Crippen LogP contribution in [0.25, 0.3) is 11.1 Å². The predicted molar refractivity (Wildman–Crippen MR) is 124 cm³/mol. The van der Waals surface area contributed by atoms with E-state index in [1.54, 1.807) is 6.92 Å². The molecule has 3 atom stereocenters. The Bertz CT molecular complexity index is 879. The average Bonchev–Trinajstić information content (AvgIpc) is 2.79. The van der Waals surface area contributed by atoms with Crippen molar-refractivity contribution in [2.24, 2.45) is 5.92 Å². The molecule has 0 aliphatic rings. The molecular weight excluding hydrogens is 406 g/mol. The van der Waals surface area contributed by atoms with Gasteiger partial charge in [0.15, 0.2) is 0 Å². The molecule has 1 amide bonds. The quantitative estimate of drug-likeness (QED) is 0.464. The third kappa shape index (κ3) is 7.84. The zero-order chi connectivity index (χ0) is 23.5. The fraction of sp³-hybridized carbons (Fsp3) is 0.423. The van der Waals surface area contributed by atoms with E-state index in [4.69, 9.17) is 9.84 Å². The summed E-state index contributed by atoms with van der Waals surface area (Å²) in [6.07, 6.45) is 1.05. The number of benzene rings is 2. The summed E-state index contributed by atoms with van der Waals surface area (Å²) in [4.78, 5) is 35.0. The number of hydrogen-bond donors (Lipinski definition) is 2. The van der Waals surface area contributed by atoms with Crippen LogP contribution >= 0.6 is 0 Å². The maximum absolute atomic E-state index is 12.2. The Morgan fingerprint density at radius 3 is 2.12 bits per heavy atom. The second-order valence-corrected chi connectivity index (χ2v) is 8.07. The predicted octanol–water partition coefficient (Wildman–Crippen LogP) is 4.79. The smallest absolute Gasteiger partial charge is 0.308 e. The average molecular weight is 440 g/mol. The van der Waals surface area contributed by atoms with E-state index in [0.29, 0.717) is 19.4 Å². The van der Waals surface area contributed by atoms with Gasteiger partial charge in [0.05, 0.1) is 18.9 Å². The highest BCUT2D eigenvalue weighted by atomic mass is 16.5. The minimum absolute atomic E-state index is 0.0227. The number of carbonyl (C=O) groups excluding carboxylic acids is 2. The van der Waals surface area contributed by atoms with Crippen LogP contribution in [-0.4, -0.2) is 35.6 Å². The molecule has 2 unspecified atom stereocenters. The standard InChI is InChI=1S/C26H33NO5/c1-4-32-26(31)18(2)10-15-23(19(3)27-24(28)16-17-25(29)30)22-13-11-21(12-14-22)20-8-6-5-7-9-20/h5-9,11-14,18-19,23H,4,10,15-17H2,1-3H3,(H,27,28)(H,29,30)/t18-,19?,23?/m1/s1. The van der Waals surface area contributed by atoms with Crippen molar-refractivity contribution in [3.8, 4) is 11.1 Å². The van der Waals surface area contributed by atoms with E-state index >= 15 is 0 Å². The Morgan fingerprint density at radius 2 is 1.53 bits per heavy atom. The second-order valence-electron chi connectivity index (χ2n) is 8.07. The molecule has 172 valence electrons. The molecule has 0 spiro atoms. The zero-order valence-corrected chi connectivity index (χ0v) is 19.0. The number of hydrogen-bond acceptors (Lipinski definition) is 4. The maximum atomic E-state index is 12.2. The van der Waals surface area contributed by atoms with Crippen LogP contribution in [0.2, 0.25) is 0 Å². The summed E-state index contributed by atoms with van der Waals surface area (Å²) < 4.78 is 5.12. The molecule has 0 saturated heterocycles. The summed E-state index contributed by atoms with van der Waals surface area (Å²) in [6, 6.07) is 18.1. The fourth-order valence-electron chi connectivity index (χ4n) is 3.74. The lowest BCUT2D eigenvalue weighted by Crippen LogP contribution is -2.37. The van der Waals surface area contributed by atoms with Gasteiger partial charge in [-0.15, -0.1) is 0 Å². The molecule has 0 bridgehead atoms. The summed E-state index contributed by atoms with van der Waals surface area (Å²) in [6.45, 7) is 5.91. The number of ether oxygens (including phenoxy) is 1. The second kappa shape index (κ2) is 12.6. The first kappa shape index (κ1) is 25.1. The molecule has 0 heterocycles. The lowest BCUT2D eigenvalue weighted by atomic mass is 9.85. The van der Waals surface area contributed by atoms with Crippen LogP contribution in [0.4, 0.5) is 0 Å². The molecule has 0 saturated carbocycles. The molecule has 2 aromatic rings. The van der Waals surface area contributed by atoms with Gasteiger partial charge in [0, 0.05) is 18.4 Å². The van der Waals surface area contributed by atoms with Crippen LogP contribution < -0.4 is 5.32 Å². The first-order chi connectivity index (χ1) is 15.3. The number of amides is 1. The van der Waals surface area contributed by atoms with Crippen molar-refractivity contribution >= 4 is 17.8 Å². The van der Waals surface area contributed by atoms with Gasteiger partial charge >= 0.3 is 11.9 Å². The van der Waals surface area contributed by atoms with Gasteiger partial charge < -0.3 is 15.2 Å². The van der Waals surface area contributed by atoms with E-state index < -0.39 is 5.97 Å². The summed E-state index contributed by atoms with van der Waals surface area (Å²) in [7, 11) is 0. The van der Waals surface area contributed by atoms with Gasteiger partial charge in [-0.3, -0.25) is 14.4 Å². The van der Waals surface area contributed by atoms with Crippen LogP contribution in [0.15, 0.2) is 54.6 Å². The highest BCUT2D eigenvalue weighted by molar-refractivity contribution is 5.80. The molecule has 2 aromatic carbocycles. The van der Waals surface area contributed by atoms with E-state index in [-0.39, 0.29) is 42.6 Å². The van der Waals surface area contributed by atoms with Gasteiger partial charge in [-0.05, 0) is 43.4 Å². The maximum Gasteiger partial charge on any atom is 0.308 e. The van der Waals surface area contributed by atoms with Gasteiger partial charge in [-0.2, -0.15) is 0 Å². The number of carboxylic acids is 1. The van der Waals surface area contributed by atoms with Crippen LogP contribution in [0, 0.1) is 5.92 Å². The van der Waals surface area contributed by atoms with E-state index in [9.17, 15) is 14.4 Å². The van der Waals surface area contributed by atoms with Crippen molar-refractivity contribution < 1.29 is 24.2 Å². The highest BCUT2D eigenvalue weighted by Gasteiger charge is 2.24. The lowest BCUT2D eigenvalue weighted by Gasteiger charge is -2.27. The van der Waals surface area contributed by atoms with E-state index in [1.807, 2.05) is 32.0 Å². The molecule has 0 radical (unpaired) electrons. The summed E-state index contributed by atoms with van der Waals surface area (Å²) >= 11 is 0. The van der Waals surface area contributed by atoms with Crippen molar-refractivity contribution in [2.75, 3.05) is 6.61 Å². The molecule has 6 heteroatoms. The molecule has 2 rings (SSSR count). The van der Waals surface area contributed by atoms with Gasteiger partial charge in [-0.25, -0.2) is 0 Å². The Balaban J connectivity index is 2.16. The molecule has 0 aliphatic heterocycles. The lowest BCUT2D eigenvalue weighted by molar-refractivity contribution is -0.147. The van der Waals surface area contributed by atoms with E-state index in [0.717, 1.165) is 16.7 Å². The molecular formula is C26H33NO5. The molecule has 0 fully saturated rings. The minimum atomic E-state index is -0.996. The Labute approximate surface area is 190 Å². The summed E-state index contributed by atoms with van der Waals surface area (Å²) in [5.41, 5.74) is 3.29. The number of rotatable bonds is 12. The van der Waals surface area contributed by atoms with Gasteiger partial charge in [0.1, 0.15) is 0 Å². The number of esters is 1. The van der Waals surface area contributed by atoms with Crippen molar-refractivity contribution in [1.29, 1.82) is 0 Å². The zero-order valence-electron chi connectivity index (χ0n) is 19.0. The minimum Gasteiger partial charge on any atom is -0.481 e. The fourth-order valence-corrected chi connectivity index (χ4v) is 3.74. The largest absolute Gasteiger partial charge is 0.481 e. The molecule has 6 nitrogen and oxygen atoms in total. The van der Waals surface area contributed by atoms with Crippen molar-refractivity contribution in [2.45, 2.75) is 58.4 Å². The Hall–Kier alpha value is -3.15. The van der Waals surface area contributed by atoms with Gasteiger partial charge in [0.2, 0.25) is 5.91 Å². The van der Waals surface area contributed by atoms with Gasteiger partial charge in [-0.1, -0.05) is 61.5 Å². The van der Waals surface area contributed by atoms with Crippen LogP contribution in [-0.2, 0) is 19.1 Å². The van der Waals surface area contributed by atoms with Gasteiger partial charge in [0.25, 0.3) is 0 Å². The Morgan fingerprint density at radius 1 is 0.906 bits per heavy atom. The molecule has 32 heavy (non-hydrogen) atoms. The summed E-state index contributed by atoms with van der Waals surface area (Å²) in [5, 5.41) is 11.8. The summed E-state index contributed by atoms with van der Waals surface area (Å²) in [5.74, 6) is -1.77. The first-order valence-electron chi connectivity index (χ1n) is 11.1. The SMILES string of the molecule is CCOC(=O)[C@H](C)CCC(c1ccc(-c2ccccc2)cc1)C(C)NC(=O)CCC(=O)O. The third-order valence-corrected chi connectivity index (χ3v) is 5.60. The normalized spacial score (nSPS) is 13.6. The van der Waals surface area contributed by atoms with E-state index in [1.165, 1.54) is 0 Å². The van der Waals surface area contributed by atoms with Crippen molar-refractivity contribution in [1.82, 2.24) is 5.32 Å². The molecule has 0 aromatic heterocycles. The van der Waals surface area contributed by atoms with Crippen molar-refractivity contribution in [3.63, 3.8) is 0 Å². The topological polar surface area (TPSA) is 92.7 Å². The van der Waals surface area contributed by atoms with Crippen molar-refractivity contribution in [3.05, 3.63) is 60.2 Å².